The molecule has 5 rings (SSSR count). The molecule has 0 aliphatic carbocycles. The molecule has 3 aromatic rings. The van der Waals surface area contributed by atoms with Crippen LogP contribution in [0.5, 0.6) is 5.75 Å². The topological polar surface area (TPSA) is 117 Å². The van der Waals surface area contributed by atoms with Crippen LogP contribution in [0.4, 0.5) is 35.9 Å². The molecule has 19 heteroatoms. The normalized spacial score (nSPS) is 15.1. The number of primary amides is 1. The zero-order valence-corrected chi connectivity index (χ0v) is 33.3. The summed E-state index contributed by atoms with van der Waals surface area (Å²) in [6.07, 6.45) is -8.82. The number of carbonyl (C=O) groups excluding carboxylic acids is 3. The van der Waals surface area contributed by atoms with Crippen LogP contribution in [0.3, 0.4) is 0 Å². The lowest BCUT2D eigenvalue weighted by molar-refractivity contribution is -0.143. The van der Waals surface area contributed by atoms with Crippen LogP contribution < -0.4 is 21.1 Å². The van der Waals surface area contributed by atoms with Gasteiger partial charge in [0.25, 0.3) is 0 Å². The van der Waals surface area contributed by atoms with Crippen molar-refractivity contribution in [2.75, 3.05) is 26.2 Å². The first-order valence-corrected chi connectivity index (χ1v) is 19.0. The summed E-state index contributed by atoms with van der Waals surface area (Å²) >= 11 is 23.8. The molecule has 9 nitrogen and oxygen atoms in total. The Kier molecular flexibility index (Phi) is 17.6. The number of benzene rings is 3. The molecule has 0 unspecified atom stereocenters. The third kappa shape index (κ3) is 14.3. The van der Waals surface area contributed by atoms with Crippen LogP contribution in [-0.4, -0.2) is 60.1 Å². The number of rotatable bonds is 7. The van der Waals surface area contributed by atoms with Crippen molar-refractivity contribution in [3.8, 4) is 5.75 Å². The zero-order valence-electron chi connectivity index (χ0n) is 30.3. The molecular formula is C37H41Cl4F6N5O4. The van der Waals surface area contributed by atoms with E-state index in [1.807, 2.05) is 13.8 Å². The number of hydrogen-bond acceptors (Lipinski definition) is 4. The Bertz CT molecular complexity index is 1770. The van der Waals surface area contributed by atoms with E-state index in [1.54, 1.807) is 41.3 Å². The number of ether oxygens (including phenoxy) is 1. The molecule has 2 saturated heterocycles. The van der Waals surface area contributed by atoms with Gasteiger partial charge in [0.1, 0.15) is 11.9 Å². The molecule has 0 atom stereocenters. The molecule has 2 aliphatic rings. The Morgan fingerprint density at radius 2 is 1.07 bits per heavy atom. The predicted molar refractivity (Wildman–Crippen MR) is 204 cm³/mol. The number of likely N-dealkylation sites (tertiary alicyclic amines) is 2. The van der Waals surface area contributed by atoms with Crippen LogP contribution in [-0.2, 0) is 30.2 Å². The van der Waals surface area contributed by atoms with Gasteiger partial charge in [-0.3, -0.25) is 4.79 Å². The lowest BCUT2D eigenvalue weighted by Gasteiger charge is -2.32. The van der Waals surface area contributed by atoms with Crippen molar-refractivity contribution in [3.05, 3.63) is 96.9 Å². The summed E-state index contributed by atoms with van der Waals surface area (Å²) in [6, 6.07) is 10.6. The van der Waals surface area contributed by atoms with E-state index >= 15 is 0 Å². The van der Waals surface area contributed by atoms with Crippen molar-refractivity contribution in [3.63, 3.8) is 0 Å². The van der Waals surface area contributed by atoms with Gasteiger partial charge in [-0.25, -0.2) is 9.59 Å². The molecule has 2 heterocycles. The van der Waals surface area contributed by atoms with E-state index < -0.39 is 35.3 Å². The minimum Gasteiger partial charge on any atom is -0.490 e. The number of nitrogens with two attached hydrogens (primary N) is 1. The number of hydrogen-bond donors (Lipinski definition) is 3. The minimum atomic E-state index is -4.95. The van der Waals surface area contributed by atoms with Gasteiger partial charge in [-0.2, -0.15) is 26.3 Å². The van der Waals surface area contributed by atoms with Crippen LogP contribution in [0.25, 0.3) is 0 Å². The molecule has 0 aromatic heterocycles. The summed E-state index contributed by atoms with van der Waals surface area (Å²) in [6.45, 7) is 6.01. The highest BCUT2D eigenvalue weighted by molar-refractivity contribution is 6.35. The fourth-order valence-electron chi connectivity index (χ4n) is 5.63. The average molecular weight is 876 g/mol. The summed E-state index contributed by atoms with van der Waals surface area (Å²) in [5.41, 5.74) is 3.86. The van der Waals surface area contributed by atoms with Gasteiger partial charge in [-0.15, -0.1) is 0 Å². The zero-order chi connectivity index (χ0) is 41.8. The minimum absolute atomic E-state index is 0.0484. The third-order valence-electron chi connectivity index (χ3n) is 8.67. The first-order chi connectivity index (χ1) is 26.3. The maximum Gasteiger partial charge on any atom is 0.416 e. The number of amides is 5. The number of nitrogens with one attached hydrogen (secondary N) is 2. The highest BCUT2D eigenvalue weighted by atomic mass is 35.5. The van der Waals surface area contributed by atoms with Gasteiger partial charge in [0, 0.05) is 78.1 Å². The predicted octanol–water partition coefficient (Wildman–Crippen LogP) is 10.2. The van der Waals surface area contributed by atoms with E-state index in [0.717, 1.165) is 5.56 Å². The molecule has 0 spiro atoms. The van der Waals surface area contributed by atoms with Crippen molar-refractivity contribution in [1.29, 1.82) is 0 Å². The Hall–Kier alpha value is -3.79. The van der Waals surface area contributed by atoms with Crippen LogP contribution in [0.1, 0.15) is 61.8 Å². The Morgan fingerprint density at radius 3 is 1.43 bits per heavy atom. The smallest absolute Gasteiger partial charge is 0.416 e. The van der Waals surface area contributed by atoms with Crippen molar-refractivity contribution in [2.24, 2.45) is 11.7 Å². The fourth-order valence-corrected chi connectivity index (χ4v) is 6.58. The SMILES string of the molecule is CC.NC(=O)C1CCN(C(=O)NCc2ccc(Cl)cc2Cl)CC1.O=C(NCc1ccc(Cl)cc1Cl)N1CCC(Oc2cc(C(F)(F)F)cc(C(F)(F)F)c2)CC1. The van der Waals surface area contributed by atoms with Crippen molar-refractivity contribution in [2.45, 2.75) is 71.1 Å². The maximum atomic E-state index is 13.0. The lowest BCUT2D eigenvalue weighted by atomic mass is 9.96. The van der Waals surface area contributed by atoms with Gasteiger partial charge in [0.05, 0.1) is 11.1 Å². The first kappa shape index (κ1) is 46.6. The van der Waals surface area contributed by atoms with E-state index in [4.69, 9.17) is 56.9 Å². The Balaban J connectivity index is 0.000000314. The maximum absolute atomic E-state index is 13.0. The molecule has 0 bridgehead atoms. The van der Waals surface area contributed by atoms with Gasteiger partial charge < -0.3 is 30.9 Å². The van der Waals surface area contributed by atoms with Gasteiger partial charge in [0.2, 0.25) is 5.91 Å². The second-order valence-electron chi connectivity index (χ2n) is 12.5. The second kappa shape index (κ2) is 21.1. The van der Waals surface area contributed by atoms with Crippen molar-refractivity contribution < 1.29 is 45.5 Å². The molecule has 2 aliphatic heterocycles. The highest BCUT2D eigenvalue weighted by Gasteiger charge is 2.37. The van der Waals surface area contributed by atoms with E-state index in [2.05, 4.69) is 10.6 Å². The van der Waals surface area contributed by atoms with Crippen LogP contribution >= 0.6 is 46.4 Å². The van der Waals surface area contributed by atoms with Crippen molar-refractivity contribution >= 4 is 64.4 Å². The van der Waals surface area contributed by atoms with Crippen molar-refractivity contribution in [1.82, 2.24) is 20.4 Å². The number of piperidine rings is 2. The summed E-state index contributed by atoms with van der Waals surface area (Å²) in [5.74, 6) is -0.930. The lowest BCUT2D eigenvalue weighted by Crippen LogP contribution is -2.46. The average Bonchev–Trinajstić information content (AvgIpc) is 3.14. The van der Waals surface area contributed by atoms with Gasteiger partial charge in [-0.05, 0) is 66.4 Å². The standard InChI is InChI=1S/C21H18Cl2F6N2O2.C14H17Cl2N3O2.C2H6/c22-15-2-1-12(18(23)10-15)11-30-19(32)31-5-3-16(4-6-31)33-17-8-13(20(24,25)26)7-14(9-17)21(27,28)29;15-11-2-1-10(12(16)7-11)8-18-14(21)19-5-3-9(4-6-19)13(17)20;1-2/h1-2,7-10,16H,3-6,11H2,(H,30,32);1-2,7,9H,3-6,8H2,(H2,17,20)(H,18,21);1-2H3. The van der Waals surface area contributed by atoms with Gasteiger partial charge in [0.15, 0.2) is 0 Å². The fraction of sp³-hybridized carbons (Fsp3) is 0.432. The Labute approximate surface area is 340 Å². The molecule has 56 heavy (non-hydrogen) atoms. The molecule has 5 amide bonds. The summed E-state index contributed by atoms with van der Waals surface area (Å²) < 4.78 is 83.5. The molecular weight excluding hydrogens is 834 g/mol. The van der Waals surface area contributed by atoms with E-state index in [9.17, 15) is 40.7 Å². The van der Waals surface area contributed by atoms with Crippen LogP contribution in [0.2, 0.25) is 20.1 Å². The third-order valence-corrected chi connectivity index (χ3v) is 9.84. The molecule has 308 valence electrons. The molecule has 2 fully saturated rings. The van der Waals surface area contributed by atoms with Gasteiger partial charge >= 0.3 is 24.4 Å². The first-order valence-electron chi connectivity index (χ1n) is 17.5. The van der Waals surface area contributed by atoms with E-state index in [0.29, 0.717) is 70.3 Å². The number of nitrogens with zero attached hydrogens (tertiary/aromatic N) is 2. The van der Waals surface area contributed by atoms with Gasteiger partial charge in [-0.1, -0.05) is 72.4 Å². The van der Waals surface area contributed by atoms with Crippen LogP contribution in [0.15, 0.2) is 54.6 Å². The van der Waals surface area contributed by atoms with Crippen LogP contribution in [0, 0.1) is 5.92 Å². The molecule has 0 saturated carbocycles. The molecule has 3 aromatic carbocycles. The molecule has 0 radical (unpaired) electrons. The summed E-state index contributed by atoms with van der Waals surface area (Å²) in [4.78, 5) is 38.7. The van der Waals surface area contributed by atoms with E-state index in [1.165, 1.54) is 4.90 Å². The van der Waals surface area contributed by atoms with E-state index in [-0.39, 0.29) is 62.4 Å². The monoisotopic (exact) mass is 873 g/mol. The largest absolute Gasteiger partial charge is 0.490 e. The second-order valence-corrected chi connectivity index (χ2v) is 14.2. The Morgan fingerprint density at radius 1 is 0.679 bits per heavy atom. The number of halogens is 10. The highest BCUT2D eigenvalue weighted by Crippen LogP contribution is 2.39. The summed E-state index contributed by atoms with van der Waals surface area (Å²) in [7, 11) is 0. The summed E-state index contributed by atoms with van der Waals surface area (Å²) in [5, 5.41) is 7.46. The number of urea groups is 2. The number of carbonyl (C=O) groups is 3. The quantitative estimate of drug-likeness (QED) is 0.205. The number of alkyl halides is 6. The molecule has 4 N–H and O–H groups in total.